The molecule has 2 aromatic rings. The molecule has 0 radical (unpaired) electrons. The Balaban J connectivity index is 2.03. The fourth-order valence-electron chi connectivity index (χ4n) is 2.26. The average Bonchev–Trinajstić information content (AvgIpc) is 2.62. The largest absolute Gasteiger partial charge is 0.493 e. The third-order valence-corrected chi connectivity index (χ3v) is 4.16. The number of carbonyl (C=O) groups is 2. The molecule has 2 aromatic carbocycles. The standard InChI is InChI=1S/C19H19ClFNO4/c1-12(23)13-7-8-17(18(9-13)25-3)26-11-19(24)22(2)10-14-15(20)5-4-6-16(14)21/h4-9H,10-11H2,1-3H3. The Morgan fingerprint density at radius 1 is 1.19 bits per heavy atom. The average molecular weight is 380 g/mol. The van der Waals surface area contributed by atoms with E-state index in [2.05, 4.69) is 0 Å². The monoisotopic (exact) mass is 379 g/mol. The molecule has 0 bridgehead atoms. The normalized spacial score (nSPS) is 10.3. The number of amides is 1. The first-order chi connectivity index (χ1) is 12.3. The molecule has 0 aliphatic carbocycles. The van der Waals surface area contributed by atoms with Gasteiger partial charge in [-0.25, -0.2) is 4.39 Å². The lowest BCUT2D eigenvalue weighted by Crippen LogP contribution is -2.31. The summed E-state index contributed by atoms with van der Waals surface area (Å²) in [5.41, 5.74) is 0.722. The highest BCUT2D eigenvalue weighted by atomic mass is 35.5. The van der Waals surface area contributed by atoms with Crippen molar-refractivity contribution in [3.63, 3.8) is 0 Å². The maximum Gasteiger partial charge on any atom is 0.260 e. The second-order valence-electron chi connectivity index (χ2n) is 5.66. The molecule has 0 spiro atoms. The van der Waals surface area contributed by atoms with E-state index >= 15 is 0 Å². The first-order valence-corrected chi connectivity index (χ1v) is 8.20. The number of benzene rings is 2. The molecule has 0 saturated carbocycles. The predicted molar refractivity (Wildman–Crippen MR) is 96.4 cm³/mol. The predicted octanol–water partition coefficient (Wildman–Crippen LogP) is 3.73. The topological polar surface area (TPSA) is 55.8 Å². The van der Waals surface area contributed by atoms with E-state index in [9.17, 15) is 14.0 Å². The second-order valence-corrected chi connectivity index (χ2v) is 6.07. The smallest absolute Gasteiger partial charge is 0.260 e. The zero-order valence-corrected chi connectivity index (χ0v) is 15.5. The van der Waals surface area contributed by atoms with Gasteiger partial charge in [0, 0.05) is 29.7 Å². The number of halogens is 2. The van der Waals surface area contributed by atoms with Crippen molar-refractivity contribution in [2.24, 2.45) is 0 Å². The van der Waals surface area contributed by atoms with E-state index in [0.717, 1.165) is 0 Å². The van der Waals surface area contributed by atoms with Crippen molar-refractivity contribution >= 4 is 23.3 Å². The van der Waals surface area contributed by atoms with Crippen LogP contribution in [0.25, 0.3) is 0 Å². The van der Waals surface area contributed by atoms with Crippen LogP contribution in [0.2, 0.25) is 5.02 Å². The lowest BCUT2D eigenvalue weighted by Gasteiger charge is -2.19. The van der Waals surface area contributed by atoms with Crippen molar-refractivity contribution in [3.05, 3.63) is 58.4 Å². The minimum Gasteiger partial charge on any atom is -0.493 e. The van der Waals surface area contributed by atoms with Crippen molar-refractivity contribution in [1.82, 2.24) is 4.90 Å². The summed E-state index contributed by atoms with van der Waals surface area (Å²) in [6.07, 6.45) is 0. The number of Topliss-reactive ketones (excluding diaryl/α,β-unsaturated/α-hetero) is 1. The Morgan fingerprint density at radius 2 is 1.92 bits per heavy atom. The van der Waals surface area contributed by atoms with E-state index in [0.29, 0.717) is 17.1 Å². The number of hydrogen-bond acceptors (Lipinski definition) is 4. The Kier molecular flexibility index (Phi) is 6.58. The summed E-state index contributed by atoms with van der Waals surface area (Å²) in [5.74, 6) is -0.248. The Morgan fingerprint density at radius 3 is 2.54 bits per heavy atom. The third kappa shape index (κ3) is 4.73. The maximum absolute atomic E-state index is 13.8. The van der Waals surface area contributed by atoms with Crippen molar-refractivity contribution in [1.29, 1.82) is 0 Å². The SMILES string of the molecule is COc1cc(C(C)=O)ccc1OCC(=O)N(C)Cc1c(F)cccc1Cl. The molecule has 138 valence electrons. The number of rotatable bonds is 7. The summed E-state index contributed by atoms with van der Waals surface area (Å²) in [4.78, 5) is 25.0. The summed E-state index contributed by atoms with van der Waals surface area (Å²) in [6, 6.07) is 9.06. The van der Waals surface area contributed by atoms with Gasteiger partial charge in [0.2, 0.25) is 0 Å². The van der Waals surface area contributed by atoms with Crippen LogP contribution in [0.1, 0.15) is 22.8 Å². The molecule has 1 amide bonds. The second kappa shape index (κ2) is 8.67. The number of ketones is 1. The number of likely N-dealkylation sites (N-methyl/N-ethyl adjacent to an activating group) is 1. The van der Waals surface area contributed by atoms with Gasteiger partial charge in [-0.15, -0.1) is 0 Å². The van der Waals surface area contributed by atoms with Crippen LogP contribution in [-0.2, 0) is 11.3 Å². The van der Waals surface area contributed by atoms with Crippen LogP contribution in [0.4, 0.5) is 4.39 Å². The summed E-state index contributed by atoms with van der Waals surface area (Å²) in [7, 11) is 2.98. The third-order valence-electron chi connectivity index (χ3n) is 3.80. The molecule has 0 heterocycles. The number of methoxy groups -OCH3 is 1. The van der Waals surface area contributed by atoms with E-state index in [-0.39, 0.29) is 35.4 Å². The van der Waals surface area contributed by atoms with Crippen LogP contribution >= 0.6 is 11.6 Å². The zero-order chi connectivity index (χ0) is 19.3. The van der Waals surface area contributed by atoms with Gasteiger partial charge in [0.15, 0.2) is 23.9 Å². The van der Waals surface area contributed by atoms with Gasteiger partial charge in [0.05, 0.1) is 7.11 Å². The highest BCUT2D eigenvalue weighted by Crippen LogP contribution is 2.28. The summed E-state index contributed by atoms with van der Waals surface area (Å²) in [6.45, 7) is 1.20. The van der Waals surface area contributed by atoms with Crippen LogP contribution in [0.3, 0.4) is 0 Å². The van der Waals surface area contributed by atoms with Crippen LogP contribution < -0.4 is 9.47 Å². The molecule has 0 atom stereocenters. The van der Waals surface area contributed by atoms with E-state index in [1.54, 1.807) is 24.3 Å². The molecule has 2 rings (SSSR count). The summed E-state index contributed by atoms with van der Waals surface area (Å²) < 4.78 is 24.5. The van der Waals surface area contributed by atoms with Gasteiger partial charge >= 0.3 is 0 Å². The molecule has 0 saturated heterocycles. The van der Waals surface area contributed by atoms with Gasteiger partial charge in [-0.3, -0.25) is 9.59 Å². The zero-order valence-electron chi connectivity index (χ0n) is 14.7. The quantitative estimate of drug-likeness (QED) is 0.688. The van der Waals surface area contributed by atoms with Gasteiger partial charge in [-0.05, 0) is 37.3 Å². The maximum atomic E-state index is 13.8. The Bertz CT molecular complexity index is 805. The molecule has 0 fully saturated rings. The van der Waals surface area contributed by atoms with Gasteiger partial charge in [-0.2, -0.15) is 0 Å². The molecule has 7 heteroatoms. The Hall–Kier alpha value is -2.60. The van der Waals surface area contributed by atoms with Crippen molar-refractivity contribution in [2.45, 2.75) is 13.5 Å². The van der Waals surface area contributed by atoms with E-state index in [4.69, 9.17) is 21.1 Å². The van der Waals surface area contributed by atoms with Crippen molar-refractivity contribution in [3.8, 4) is 11.5 Å². The molecular weight excluding hydrogens is 361 g/mol. The van der Waals surface area contributed by atoms with Crippen molar-refractivity contribution in [2.75, 3.05) is 20.8 Å². The van der Waals surface area contributed by atoms with Gasteiger partial charge in [0.1, 0.15) is 5.82 Å². The van der Waals surface area contributed by atoms with Gasteiger partial charge in [0.25, 0.3) is 5.91 Å². The molecule has 0 unspecified atom stereocenters. The fourth-order valence-corrected chi connectivity index (χ4v) is 2.49. The molecule has 0 aliphatic rings. The van der Waals surface area contributed by atoms with Crippen LogP contribution in [0.5, 0.6) is 11.5 Å². The first kappa shape index (κ1) is 19.7. The summed E-state index contributed by atoms with van der Waals surface area (Å²) in [5, 5.41) is 0.257. The molecular formula is C19H19ClFNO4. The Labute approximate surface area is 156 Å². The van der Waals surface area contributed by atoms with Gasteiger partial charge < -0.3 is 14.4 Å². The lowest BCUT2D eigenvalue weighted by atomic mass is 10.1. The van der Waals surface area contributed by atoms with E-state index in [1.165, 1.54) is 38.1 Å². The first-order valence-electron chi connectivity index (χ1n) is 7.82. The van der Waals surface area contributed by atoms with Crippen LogP contribution in [-0.4, -0.2) is 37.4 Å². The van der Waals surface area contributed by atoms with E-state index < -0.39 is 5.82 Å². The number of ether oxygens (including phenoxy) is 2. The molecule has 0 N–H and O–H groups in total. The number of nitrogens with zero attached hydrogens (tertiary/aromatic N) is 1. The molecule has 0 aliphatic heterocycles. The number of carbonyl (C=O) groups excluding carboxylic acids is 2. The van der Waals surface area contributed by atoms with E-state index in [1.807, 2.05) is 0 Å². The lowest BCUT2D eigenvalue weighted by molar-refractivity contribution is -0.132. The number of hydrogen-bond donors (Lipinski definition) is 0. The molecule has 26 heavy (non-hydrogen) atoms. The van der Waals surface area contributed by atoms with Crippen LogP contribution in [0.15, 0.2) is 36.4 Å². The molecule has 5 nitrogen and oxygen atoms in total. The van der Waals surface area contributed by atoms with Gasteiger partial charge in [-0.1, -0.05) is 17.7 Å². The summed E-state index contributed by atoms with van der Waals surface area (Å²) >= 11 is 5.98. The van der Waals surface area contributed by atoms with Crippen molar-refractivity contribution < 1.29 is 23.5 Å². The minimum absolute atomic E-state index is 0.0219. The fraction of sp³-hybridized carbons (Fsp3) is 0.263. The van der Waals surface area contributed by atoms with Crippen LogP contribution in [0, 0.1) is 5.82 Å². The highest BCUT2D eigenvalue weighted by molar-refractivity contribution is 6.31. The molecule has 0 aromatic heterocycles. The highest BCUT2D eigenvalue weighted by Gasteiger charge is 2.16. The minimum atomic E-state index is -0.473.